The van der Waals surface area contributed by atoms with E-state index in [0.717, 1.165) is 17.8 Å². The van der Waals surface area contributed by atoms with Gasteiger partial charge in [0, 0.05) is 6.54 Å². The standard InChI is InChI=1S/C10H15ClN2O3/c1-3-7-10(11)8(13(4-2)12-7)5-16-6-9(14)15/h3-6H2,1-2H3,(H,14,15). The quantitative estimate of drug-likeness (QED) is 0.830. The largest absolute Gasteiger partial charge is 0.480 e. The molecule has 0 aromatic carbocycles. The Hall–Kier alpha value is -1.07. The normalized spacial score (nSPS) is 10.7. The van der Waals surface area contributed by atoms with Crippen molar-refractivity contribution in [2.24, 2.45) is 0 Å². The van der Waals surface area contributed by atoms with Crippen LogP contribution in [-0.2, 0) is 29.1 Å². The number of ether oxygens (including phenoxy) is 1. The molecule has 1 heterocycles. The summed E-state index contributed by atoms with van der Waals surface area (Å²) in [5.41, 5.74) is 1.56. The summed E-state index contributed by atoms with van der Waals surface area (Å²) in [6.45, 7) is 4.45. The summed E-state index contributed by atoms with van der Waals surface area (Å²) < 4.78 is 6.76. The fourth-order valence-corrected chi connectivity index (χ4v) is 1.71. The maximum atomic E-state index is 10.3. The fourth-order valence-electron chi connectivity index (χ4n) is 1.39. The predicted octanol–water partition coefficient (Wildman–Crippen LogP) is 1.72. The second-order valence-corrected chi connectivity index (χ2v) is 3.64. The Bertz CT molecular complexity index is 376. The van der Waals surface area contributed by atoms with Crippen molar-refractivity contribution in [1.29, 1.82) is 0 Å². The number of rotatable bonds is 6. The van der Waals surface area contributed by atoms with Gasteiger partial charge in [0.1, 0.15) is 6.61 Å². The lowest BCUT2D eigenvalue weighted by molar-refractivity contribution is -0.142. The lowest BCUT2D eigenvalue weighted by Crippen LogP contribution is -2.10. The van der Waals surface area contributed by atoms with E-state index >= 15 is 0 Å². The number of carboxylic acids is 1. The lowest BCUT2D eigenvalue weighted by Gasteiger charge is -2.04. The van der Waals surface area contributed by atoms with Crippen LogP contribution in [0, 0.1) is 0 Å². The monoisotopic (exact) mass is 246 g/mol. The van der Waals surface area contributed by atoms with Crippen LogP contribution in [0.1, 0.15) is 25.2 Å². The van der Waals surface area contributed by atoms with Crippen LogP contribution in [0.15, 0.2) is 0 Å². The summed E-state index contributed by atoms with van der Waals surface area (Å²) in [4.78, 5) is 10.3. The number of halogens is 1. The van der Waals surface area contributed by atoms with Gasteiger partial charge in [0.05, 0.1) is 23.0 Å². The van der Waals surface area contributed by atoms with Crippen molar-refractivity contribution in [3.63, 3.8) is 0 Å². The second-order valence-electron chi connectivity index (χ2n) is 3.26. The van der Waals surface area contributed by atoms with Crippen molar-refractivity contribution in [2.75, 3.05) is 6.61 Å². The van der Waals surface area contributed by atoms with Crippen LogP contribution < -0.4 is 0 Å². The third-order valence-electron chi connectivity index (χ3n) is 2.16. The molecule has 6 heteroatoms. The highest BCUT2D eigenvalue weighted by Crippen LogP contribution is 2.22. The minimum absolute atomic E-state index is 0.173. The first-order chi connectivity index (χ1) is 7.60. The van der Waals surface area contributed by atoms with Crippen molar-refractivity contribution < 1.29 is 14.6 Å². The van der Waals surface area contributed by atoms with E-state index in [0.29, 0.717) is 11.6 Å². The van der Waals surface area contributed by atoms with Crippen LogP contribution in [-0.4, -0.2) is 27.5 Å². The van der Waals surface area contributed by atoms with E-state index in [4.69, 9.17) is 21.4 Å². The number of carbonyl (C=O) groups is 1. The molecule has 0 aliphatic heterocycles. The van der Waals surface area contributed by atoms with Crippen molar-refractivity contribution >= 4 is 17.6 Å². The molecule has 0 bridgehead atoms. The van der Waals surface area contributed by atoms with Gasteiger partial charge in [0.2, 0.25) is 0 Å². The molecule has 1 rings (SSSR count). The summed E-state index contributed by atoms with van der Waals surface area (Å²) in [5.74, 6) is -0.991. The number of hydrogen-bond donors (Lipinski definition) is 1. The number of aliphatic carboxylic acids is 1. The molecule has 1 aromatic rings. The van der Waals surface area contributed by atoms with Gasteiger partial charge in [-0.1, -0.05) is 18.5 Å². The van der Waals surface area contributed by atoms with Crippen molar-refractivity contribution in [1.82, 2.24) is 9.78 Å². The molecule has 16 heavy (non-hydrogen) atoms. The number of hydrogen-bond acceptors (Lipinski definition) is 3. The molecule has 0 radical (unpaired) electrons. The number of aryl methyl sites for hydroxylation is 2. The molecule has 1 aromatic heterocycles. The Morgan fingerprint density at radius 1 is 1.56 bits per heavy atom. The van der Waals surface area contributed by atoms with Crippen molar-refractivity contribution in [3.8, 4) is 0 Å². The molecule has 0 amide bonds. The topological polar surface area (TPSA) is 64.4 Å². The summed E-state index contributed by atoms with van der Waals surface area (Å²) in [7, 11) is 0. The minimum Gasteiger partial charge on any atom is -0.480 e. The molecule has 90 valence electrons. The van der Waals surface area contributed by atoms with Gasteiger partial charge in [-0.2, -0.15) is 5.10 Å². The molecule has 0 aliphatic rings. The molecule has 0 fully saturated rings. The summed E-state index contributed by atoms with van der Waals surface area (Å²) in [6.07, 6.45) is 0.748. The van der Waals surface area contributed by atoms with E-state index in [-0.39, 0.29) is 13.2 Å². The molecular weight excluding hydrogens is 232 g/mol. The van der Waals surface area contributed by atoms with Crippen LogP contribution in [0.2, 0.25) is 5.02 Å². The first-order valence-corrected chi connectivity index (χ1v) is 5.51. The van der Waals surface area contributed by atoms with Crippen LogP contribution in [0.25, 0.3) is 0 Å². The molecule has 0 saturated heterocycles. The first-order valence-electron chi connectivity index (χ1n) is 5.13. The maximum Gasteiger partial charge on any atom is 0.329 e. The van der Waals surface area contributed by atoms with E-state index < -0.39 is 5.97 Å². The second kappa shape index (κ2) is 5.86. The number of carboxylic acid groups (broad SMARTS) is 1. The molecule has 5 nitrogen and oxygen atoms in total. The zero-order chi connectivity index (χ0) is 12.1. The molecular formula is C10H15ClN2O3. The average molecular weight is 247 g/mol. The molecule has 0 spiro atoms. The Labute approximate surface area is 99.0 Å². The predicted molar refractivity (Wildman–Crippen MR) is 59.6 cm³/mol. The van der Waals surface area contributed by atoms with Gasteiger partial charge in [-0.25, -0.2) is 4.79 Å². The van der Waals surface area contributed by atoms with Gasteiger partial charge < -0.3 is 9.84 Å². The molecule has 0 unspecified atom stereocenters. The van der Waals surface area contributed by atoms with Crippen LogP contribution in [0.3, 0.4) is 0 Å². The van der Waals surface area contributed by atoms with Gasteiger partial charge in [0.15, 0.2) is 0 Å². The molecule has 0 aliphatic carbocycles. The lowest BCUT2D eigenvalue weighted by atomic mass is 10.3. The van der Waals surface area contributed by atoms with Gasteiger partial charge in [-0.3, -0.25) is 4.68 Å². The highest BCUT2D eigenvalue weighted by Gasteiger charge is 2.14. The highest BCUT2D eigenvalue weighted by molar-refractivity contribution is 6.31. The minimum atomic E-state index is -0.991. The number of aromatic nitrogens is 2. The summed E-state index contributed by atoms with van der Waals surface area (Å²) in [6, 6.07) is 0. The third-order valence-corrected chi connectivity index (χ3v) is 2.59. The highest BCUT2D eigenvalue weighted by atomic mass is 35.5. The van der Waals surface area contributed by atoms with Gasteiger partial charge >= 0.3 is 5.97 Å². The third kappa shape index (κ3) is 2.96. The smallest absolute Gasteiger partial charge is 0.329 e. The van der Waals surface area contributed by atoms with Gasteiger partial charge in [-0.05, 0) is 13.3 Å². The SMILES string of the molecule is CCc1nn(CC)c(COCC(=O)O)c1Cl. The van der Waals surface area contributed by atoms with Crippen molar-refractivity contribution in [2.45, 2.75) is 33.4 Å². The van der Waals surface area contributed by atoms with Gasteiger partial charge in [-0.15, -0.1) is 0 Å². The Morgan fingerprint density at radius 2 is 2.25 bits per heavy atom. The summed E-state index contributed by atoms with van der Waals surface area (Å²) in [5, 5.41) is 13.3. The van der Waals surface area contributed by atoms with E-state index in [1.54, 1.807) is 4.68 Å². The Morgan fingerprint density at radius 3 is 2.75 bits per heavy atom. The van der Waals surface area contributed by atoms with Crippen molar-refractivity contribution in [3.05, 3.63) is 16.4 Å². The van der Waals surface area contributed by atoms with E-state index in [2.05, 4.69) is 5.10 Å². The molecule has 0 saturated carbocycles. The zero-order valence-corrected chi connectivity index (χ0v) is 10.1. The molecule has 1 N–H and O–H groups in total. The first kappa shape index (κ1) is 13.0. The van der Waals surface area contributed by atoms with Crippen LogP contribution >= 0.6 is 11.6 Å². The maximum absolute atomic E-state index is 10.3. The summed E-state index contributed by atoms with van der Waals surface area (Å²) >= 11 is 6.11. The molecule has 0 atom stereocenters. The van der Waals surface area contributed by atoms with Crippen LogP contribution in [0.5, 0.6) is 0 Å². The van der Waals surface area contributed by atoms with E-state index in [1.165, 1.54) is 0 Å². The Kier molecular flexibility index (Phi) is 4.76. The van der Waals surface area contributed by atoms with Gasteiger partial charge in [0.25, 0.3) is 0 Å². The number of nitrogens with zero attached hydrogens (tertiary/aromatic N) is 2. The average Bonchev–Trinajstić information content (AvgIpc) is 2.55. The van der Waals surface area contributed by atoms with E-state index in [1.807, 2.05) is 13.8 Å². The van der Waals surface area contributed by atoms with E-state index in [9.17, 15) is 4.79 Å². The Balaban J connectivity index is 2.76. The van der Waals surface area contributed by atoms with Crippen LogP contribution in [0.4, 0.5) is 0 Å². The fraction of sp³-hybridized carbons (Fsp3) is 0.600. The zero-order valence-electron chi connectivity index (χ0n) is 9.36.